The van der Waals surface area contributed by atoms with Crippen LogP contribution in [0, 0.1) is 0 Å². The molecule has 3 aromatic heterocycles. The quantitative estimate of drug-likeness (QED) is 0.724. The van der Waals surface area contributed by atoms with Crippen molar-refractivity contribution in [1.29, 1.82) is 0 Å². The second-order valence-electron chi connectivity index (χ2n) is 6.66. The number of aryl methyl sites for hydroxylation is 1. The maximum absolute atomic E-state index is 12.9. The molecule has 0 fully saturated rings. The van der Waals surface area contributed by atoms with Crippen LogP contribution in [0.25, 0.3) is 0 Å². The molecule has 26 heavy (non-hydrogen) atoms. The lowest BCUT2D eigenvalue weighted by Crippen LogP contribution is -2.42. The van der Waals surface area contributed by atoms with E-state index in [1.54, 1.807) is 30.2 Å². The average Bonchev–Trinajstić information content (AvgIpc) is 3.38. The third kappa shape index (κ3) is 3.59. The fraction of sp³-hybridized carbons (Fsp3) is 0.368. The fourth-order valence-corrected chi connectivity index (χ4v) is 4.24. The molecule has 1 aliphatic rings. The van der Waals surface area contributed by atoms with Crippen molar-refractivity contribution in [3.63, 3.8) is 0 Å². The molecule has 0 aromatic carbocycles. The Morgan fingerprint density at radius 3 is 3.15 bits per heavy atom. The van der Waals surface area contributed by atoms with Crippen molar-refractivity contribution in [3.05, 3.63) is 64.3 Å². The molecule has 0 aliphatic carbocycles. The van der Waals surface area contributed by atoms with E-state index in [1.165, 1.54) is 4.88 Å². The van der Waals surface area contributed by atoms with Crippen molar-refractivity contribution in [1.82, 2.24) is 19.8 Å². The van der Waals surface area contributed by atoms with Gasteiger partial charge in [-0.05, 0) is 23.9 Å². The molecular weight excluding hydrogens is 348 g/mol. The summed E-state index contributed by atoms with van der Waals surface area (Å²) < 4.78 is 7.15. The number of rotatable bonds is 6. The lowest BCUT2D eigenvalue weighted by atomic mass is 9.96. The van der Waals surface area contributed by atoms with E-state index in [0.717, 1.165) is 36.5 Å². The number of nitrogens with zero attached hydrogens (tertiary/aromatic N) is 3. The molecule has 0 bridgehead atoms. The van der Waals surface area contributed by atoms with Crippen LogP contribution in [0.15, 0.2) is 46.8 Å². The summed E-state index contributed by atoms with van der Waals surface area (Å²) in [6.07, 6.45) is 6.11. The Morgan fingerprint density at radius 1 is 1.46 bits per heavy atom. The maximum Gasteiger partial charge on any atom is 0.230 e. The van der Waals surface area contributed by atoms with Crippen LogP contribution in [-0.4, -0.2) is 33.4 Å². The number of fused-ring (bicyclic) bond motifs is 1. The molecule has 136 valence electrons. The number of hydrogen-bond donors (Lipinski definition) is 1. The van der Waals surface area contributed by atoms with E-state index in [2.05, 4.69) is 26.6 Å². The van der Waals surface area contributed by atoms with Gasteiger partial charge in [0.25, 0.3) is 0 Å². The van der Waals surface area contributed by atoms with Crippen molar-refractivity contribution >= 4 is 17.2 Å². The first kappa shape index (κ1) is 17.1. The van der Waals surface area contributed by atoms with E-state index in [0.29, 0.717) is 13.1 Å². The van der Waals surface area contributed by atoms with Gasteiger partial charge in [0, 0.05) is 43.7 Å². The highest BCUT2D eigenvalue weighted by atomic mass is 32.1. The summed E-state index contributed by atoms with van der Waals surface area (Å²) in [5.74, 6) is -0.134. The molecule has 0 saturated carbocycles. The summed E-state index contributed by atoms with van der Waals surface area (Å²) >= 11 is 1.72. The molecule has 1 amide bonds. The van der Waals surface area contributed by atoms with E-state index < -0.39 is 0 Å². The van der Waals surface area contributed by atoms with Gasteiger partial charge in [0.15, 0.2) is 0 Å². The number of thiophene rings is 1. The monoisotopic (exact) mass is 370 g/mol. The van der Waals surface area contributed by atoms with Gasteiger partial charge in [0.1, 0.15) is 0 Å². The fourth-order valence-electron chi connectivity index (χ4n) is 3.53. The number of hydrogen-bond acceptors (Lipinski definition) is 5. The highest BCUT2D eigenvalue weighted by Gasteiger charge is 2.33. The zero-order chi connectivity index (χ0) is 17.9. The second-order valence-corrected chi connectivity index (χ2v) is 7.69. The summed E-state index contributed by atoms with van der Waals surface area (Å²) in [6, 6.07) is 6.10. The Kier molecular flexibility index (Phi) is 4.90. The number of amides is 1. The summed E-state index contributed by atoms with van der Waals surface area (Å²) in [5, 5.41) is 5.17. The second kappa shape index (κ2) is 7.47. The Morgan fingerprint density at radius 2 is 2.38 bits per heavy atom. The summed E-state index contributed by atoms with van der Waals surface area (Å²) in [7, 11) is 1.96. The topological polar surface area (TPSA) is 63.3 Å². The van der Waals surface area contributed by atoms with Crippen LogP contribution in [0.2, 0.25) is 0 Å². The summed E-state index contributed by atoms with van der Waals surface area (Å²) in [5.41, 5.74) is 3.13. The van der Waals surface area contributed by atoms with Crippen LogP contribution in [0.5, 0.6) is 0 Å². The summed E-state index contributed by atoms with van der Waals surface area (Å²) in [4.78, 5) is 20.9. The molecule has 0 radical (unpaired) electrons. The minimum absolute atomic E-state index is 0.0725. The van der Waals surface area contributed by atoms with Crippen LogP contribution in [-0.2, 0) is 31.4 Å². The number of carbonyl (C=O) groups excluding carboxylic acids is 1. The largest absolute Gasteiger partial charge is 0.472 e. The molecule has 1 aliphatic heterocycles. The number of imidazole rings is 1. The minimum atomic E-state index is -0.207. The number of furan rings is 1. The molecule has 4 rings (SSSR count). The van der Waals surface area contributed by atoms with Crippen molar-refractivity contribution < 1.29 is 9.21 Å². The molecule has 0 saturated heterocycles. The summed E-state index contributed by atoms with van der Waals surface area (Å²) in [6.45, 7) is 2.85. The zero-order valence-corrected chi connectivity index (χ0v) is 15.5. The molecule has 1 unspecified atom stereocenters. The van der Waals surface area contributed by atoms with Gasteiger partial charge in [-0.3, -0.25) is 9.69 Å². The maximum atomic E-state index is 12.9. The molecule has 0 spiro atoms. The van der Waals surface area contributed by atoms with Gasteiger partial charge in [-0.15, -0.1) is 11.3 Å². The molecule has 3 aromatic rings. The normalized spacial score (nSPS) is 17.2. The Bertz CT molecular complexity index is 854. The van der Waals surface area contributed by atoms with Gasteiger partial charge in [-0.25, -0.2) is 4.98 Å². The minimum Gasteiger partial charge on any atom is -0.472 e. The van der Waals surface area contributed by atoms with Crippen LogP contribution >= 0.6 is 11.3 Å². The van der Waals surface area contributed by atoms with Crippen molar-refractivity contribution in [2.24, 2.45) is 7.05 Å². The predicted molar refractivity (Wildman–Crippen MR) is 99.8 cm³/mol. The Hall–Kier alpha value is -2.38. The van der Waals surface area contributed by atoms with Gasteiger partial charge in [-0.1, -0.05) is 6.07 Å². The van der Waals surface area contributed by atoms with E-state index in [-0.39, 0.29) is 11.8 Å². The van der Waals surface area contributed by atoms with E-state index in [4.69, 9.17) is 4.42 Å². The van der Waals surface area contributed by atoms with Crippen LogP contribution < -0.4 is 5.32 Å². The Balaban J connectivity index is 1.45. The smallest absolute Gasteiger partial charge is 0.230 e. The van der Waals surface area contributed by atoms with Crippen molar-refractivity contribution in [2.75, 3.05) is 13.1 Å². The van der Waals surface area contributed by atoms with Crippen LogP contribution in [0.4, 0.5) is 0 Å². The first-order chi connectivity index (χ1) is 12.7. The van der Waals surface area contributed by atoms with Crippen LogP contribution in [0.3, 0.4) is 0 Å². The SMILES string of the molecule is Cn1cnc2c1C(C(=O)NCCc1cccs1)CN(Cc1ccoc1)C2. The van der Waals surface area contributed by atoms with Gasteiger partial charge in [0.2, 0.25) is 5.91 Å². The number of aromatic nitrogens is 2. The van der Waals surface area contributed by atoms with Crippen molar-refractivity contribution in [2.45, 2.75) is 25.4 Å². The van der Waals surface area contributed by atoms with Gasteiger partial charge < -0.3 is 14.3 Å². The molecule has 1 N–H and O–H groups in total. The average molecular weight is 370 g/mol. The van der Waals surface area contributed by atoms with Gasteiger partial charge >= 0.3 is 0 Å². The highest BCUT2D eigenvalue weighted by Crippen LogP contribution is 2.28. The molecule has 6 nitrogen and oxygen atoms in total. The first-order valence-corrected chi connectivity index (χ1v) is 9.62. The highest BCUT2D eigenvalue weighted by molar-refractivity contribution is 7.09. The molecule has 4 heterocycles. The van der Waals surface area contributed by atoms with E-state index >= 15 is 0 Å². The lowest BCUT2D eigenvalue weighted by molar-refractivity contribution is -0.123. The van der Waals surface area contributed by atoms with Crippen molar-refractivity contribution in [3.8, 4) is 0 Å². The third-order valence-electron chi connectivity index (χ3n) is 4.76. The first-order valence-electron chi connectivity index (χ1n) is 8.74. The van der Waals surface area contributed by atoms with E-state index in [1.807, 2.05) is 23.7 Å². The predicted octanol–water partition coefficient (Wildman–Crippen LogP) is 2.53. The Labute approximate surface area is 156 Å². The van der Waals surface area contributed by atoms with Gasteiger partial charge in [0.05, 0.1) is 36.2 Å². The number of nitrogens with one attached hydrogen (secondary N) is 1. The third-order valence-corrected chi connectivity index (χ3v) is 5.70. The molecule has 7 heteroatoms. The standard InChI is InChI=1S/C19H22N4O2S/c1-22-13-21-17-11-23(9-14-5-7-25-12-14)10-16(18(17)22)19(24)20-6-4-15-3-2-8-26-15/h2-3,5,7-8,12-13,16H,4,6,9-11H2,1H3,(H,20,24). The zero-order valence-electron chi connectivity index (χ0n) is 14.7. The van der Waals surface area contributed by atoms with Crippen LogP contribution in [0.1, 0.15) is 27.7 Å². The number of carbonyl (C=O) groups is 1. The van der Waals surface area contributed by atoms with Gasteiger partial charge in [-0.2, -0.15) is 0 Å². The lowest BCUT2D eigenvalue weighted by Gasteiger charge is -2.32. The van der Waals surface area contributed by atoms with E-state index in [9.17, 15) is 4.79 Å². The molecular formula is C19H22N4O2S. The molecule has 1 atom stereocenters.